The van der Waals surface area contributed by atoms with E-state index in [1.807, 2.05) is 18.3 Å². The van der Waals surface area contributed by atoms with Crippen LogP contribution in [0.3, 0.4) is 0 Å². The number of aromatic nitrogens is 1. The molecule has 1 aromatic carbocycles. The summed E-state index contributed by atoms with van der Waals surface area (Å²) in [5.74, 6) is 3.70. The van der Waals surface area contributed by atoms with E-state index in [1.54, 1.807) is 25.4 Å². The van der Waals surface area contributed by atoms with Gasteiger partial charge in [0.15, 0.2) is 0 Å². The Bertz CT molecular complexity index is 994. The number of benzene rings is 1. The lowest BCUT2D eigenvalue weighted by Crippen LogP contribution is -2.33. The Morgan fingerprint density at radius 2 is 1.93 bits per heavy atom. The molecule has 2 aliphatic rings. The van der Waals surface area contributed by atoms with Gasteiger partial charge in [-0.25, -0.2) is 4.98 Å². The molecule has 1 aromatic heterocycles. The van der Waals surface area contributed by atoms with Crippen LogP contribution in [0, 0.1) is 23.7 Å². The van der Waals surface area contributed by atoms with Gasteiger partial charge in [0, 0.05) is 35.7 Å². The van der Waals surface area contributed by atoms with E-state index in [9.17, 15) is 4.79 Å². The Hall–Kier alpha value is -2.64. The number of carbonyl (C=O) groups excluding carboxylic acids is 1. The van der Waals surface area contributed by atoms with E-state index in [0.29, 0.717) is 22.6 Å². The Balaban J connectivity index is 1.44. The molecule has 0 atom stereocenters. The van der Waals surface area contributed by atoms with Gasteiger partial charge >= 0.3 is 0 Å². The topological polar surface area (TPSA) is 54.4 Å². The van der Waals surface area contributed by atoms with Crippen molar-refractivity contribution in [2.45, 2.75) is 44.4 Å². The first-order chi connectivity index (χ1) is 14.6. The van der Waals surface area contributed by atoms with Gasteiger partial charge in [0.05, 0.1) is 5.41 Å². The molecule has 0 radical (unpaired) electrons. The van der Waals surface area contributed by atoms with Gasteiger partial charge in [0.2, 0.25) is 5.91 Å². The highest BCUT2D eigenvalue weighted by Gasteiger charge is 2.55. The van der Waals surface area contributed by atoms with E-state index >= 15 is 0 Å². The summed E-state index contributed by atoms with van der Waals surface area (Å²) in [5, 5.41) is 3.78. The molecule has 2 saturated carbocycles. The highest BCUT2D eigenvalue weighted by Crippen LogP contribution is 2.58. The van der Waals surface area contributed by atoms with Crippen LogP contribution in [-0.4, -0.2) is 24.2 Å². The summed E-state index contributed by atoms with van der Waals surface area (Å²) in [6, 6.07) is 9.40. The van der Waals surface area contributed by atoms with E-state index in [2.05, 4.69) is 27.3 Å². The van der Waals surface area contributed by atoms with Crippen molar-refractivity contribution >= 4 is 29.4 Å². The Morgan fingerprint density at radius 1 is 1.23 bits per heavy atom. The van der Waals surface area contributed by atoms with Crippen LogP contribution in [0.4, 0.5) is 5.69 Å². The van der Waals surface area contributed by atoms with Crippen molar-refractivity contribution in [3.05, 3.63) is 58.4 Å². The van der Waals surface area contributed by atoms with Crippen molar-refractivity contribution in [3.63, 3.8) is 0 Å². The molecule has 1 amide bonds. The van der Waals surface area contributed by atoms with Crippen LogP contribution in [-0.2, 0) is 4.79 Å². The molecule has 2 aliphatic carbocycles. The summed E-state index contributed by atoms with van der Waals surface area (Å²) in [6.07, 6.45) is 15.4. The largest absolute Gasteiger partial charge is 0.326 e. The zero-order chi connectivity index (χ0) is 21.1. The van der Waals surface area contributed by atoms with E-state index in [1.165, 1.54) is 5.56 Å². The average Bonchev–Trinajstić information content (AvgIpc) is 3.58. The Morgan fingerprint density at radius 3 is 2.53 bits per heavy atom. The molecule has 0 spiro atoms. The number of carbonyl (C=O) groups is 1. The van der Waals surface area contributed by atoms with E-state index in [0.717, 1.165) is 49.8 Å². The van der Waals surface area contributed by atoms with Crippen molar-refractivity contribution in [2.75, 3.05) is 12.4 Å². The van der Waals surface area contributed by atoms with Crippen molar-refractivity contribution in [3.8, 4) is 12.3 Å². The third-order valence-corrected chi connectivity index (χ3v) is 6.96. The second-order valence-electron chi connectivity index (χ2n) is 8.36. The summed E-state index contributed by atoms with van der Waals surface area (Å²) in [7, 11) is 1.75. The molecule has 1 heterocycles. The third kappa shape index (κ3) is 4.00. The second kappa shape index (κ2) is 8.62. The van der Waals surface area contributed by atoms with E-state index < -0.39 is 0 Å². The normalized spacial score (nSPS) is 22.4. The molecular formula is C25H26ClN3O. The van der Waals surface area contributed by atoms with Crippen LogP contribution < -0.4 is 5.32 Å². The van der Waals surface area contributed by atoms with Gasteiger partial charge in [-0.3, -0.25) is 9.79 Å². The minimum Gasteiger partial charge on any atom is -0.326 e. The fourth-order valence-corrected chi connectivity index (χ4v) is 5.05. The Labute approximate surface area is 183 Å². The van der Waals surface area contributed by atoms with Gasteiger partial charge < -0.3 is 5.32 Å². The molecule has 30 heavy (non-hydrogen) atoms. The zero-order valence-corrected chi connectivity index (χ0v) is 18.0. The maximum absolute atomic E-state index is 13.1. The van der Waals surface area contributed by atoms with Crippen LogP contribution in [0.15, 0.2) is 41.5 Å². The molecule has 0 aliphatic heterocycles. The molecule has 2 aromatic rings. The smallest absolute Gasteiger partial charge is 0.230 e. The predicted octanol–water partition coefficient (Wildman–Crippen LogP) is 5.46. The molecule has 0 bridgehead atoms. The molecule has 2 fully saturated rings. The first-order valence-electron chi connectivity index (χ1n) is 10.5. The Kier molecular flexibility index (Phi) is 5.92. The number of anilines is 1. The van der Waals surface area contributed by atoms with E-state index in [4.69, 9.17) is 18.0 Å². The number of aliphatic imine (C=N–C) groups is 1. The highest BCUT2D eigenvalue weighted by atomic mass is 35.5. The summed E-state index contributed by atoms with van der Waals surface area (Å²) in [6.45, 7) is 0. The SMILES string of the molecule is C#Cc1nccc(C2CCC(C3(C(=O)Nc4ccc(Cl)cc4)CC3)CC2)c1C=NC. The van der Waals surface area contributed by atoms with E-state index in [-0.39, 0.29) is 11.3 Å². The quantitative estimate of drug-likeness (QED) is 0.517. The number of rotatable bonds is 5. The van der Waals surface area contributed by atoms with Crippen LogP contribution in [0.2, 0.25) is 5.02 Å². The number of pyridine rings is 1. The number of hydrogen-bond acceptors (Lipinski definition) is 3. The molecular weight excluding hydrogens is 394 g/mol. The van der Waals surface area contributed by atoms with Crippen LogP contribution >= 0.6 is 11.6 Å². The lowest BCUT2D eigenvalue weighted by Gasteiger charge is -2.34. The molecule has 154 valence electrons. The highest BCUT2D eigenvalue weighted by molar-refractivity contribution is 6.30. The van der Waals surface area contributed by atoms with Crippen LogP contribution in [0.25, 0.3) is 0 Å². The molecule has 4 nitrogen and oxygen atoms in total. The molecule has 4 rings (SSSR count). The number of nitrogens with zero attached hydrogens (tertiary/aromatic N) is 2. The van der Waals surface area contributed by atoms with Crippen molar-refractivity contribution < 1.29 is 4.79 Å². The minimum atomic E-state index is -0.208. The first kappa shape index (κ1) is 20.6. The third-order valence-electron chi connectivity index (χ3n) is 6.71. The first-order valence-corrected chi connectivity index (χ1v) is 10.9. The fourth-order valence-electron chi connectivity index (χ4n) is 4.93. The lowest BCUT2D eigenvalue weighted by molar-refractivity contribution is -0.123. The molecule has 1 N–H and O–H groups in total. The average molecular weight is 420 g/mol. The van der Waals surface area contributed by atoms with Gasteiger partial charge in [-0.1, -0.05) is 11.6 Å². The number of amides is 1. The van der Waals surface area contributed by atoms with Crippen molar-refractivity contribution in [2.24, 2.45) is 16.3 Å². The monoisotopic (exact) mass is 419 g/mol. The van der Waals surface area contributed by atoms with Crippen molar-refractivity contribution in [1.29, 1.82) is 0 Å². The van der Waals surface area contributed by atoms with Crippen LogP contribution in [0.1, 0.15) is 61.3 Å². The number of halogens is 1. The minimum absolute atomic E-state index is 0.158. The summed E-state index contributed by atoms with van der Waals surface area (Å²) < 4.78 is 0. The van der Waals surface area contributed by atoms with Gasteiger partial charge in [0.25, 0.3) is 0 Å². The molecule has 0 unspecified atom stereocenters. The lowest BCUT2D eigenvalue weighted by atomic mass is 9.71. The van der Waals surface area contributed by atoms with Crippen LogP contribution in [0.5, 0.6) is 0 Å². The maximum Gasteiger partial charge on any atom is 0.230 e. The molecule has 0 saturated heterocycles. The summed E-state index contributed by atoms with van der Waals surface area (Å²) in [5.41, 5.74) is 3.46. The summed E-state index contributed by atoms with van der Waals surface area (Å²) in [4.78, 5) is 21.6. The van der Waals surface area contributed by atoms with Gasteiger partial charge in [-0.15, -0.1) is 6.42 Å². The van der Waals surface area contributed by atoms with Crippen molar-refractivity contribution in [1.82, 2.24) is 4.98 Å². The second-order valence-corrected chi connectivity index (χ2v) is 8.80. The molecule has 5 heteroatoms. The summed E-state index contributed by atoms with van der Waals surface area (Å²) >= 11 is 5.95. The fraction of sp³-hybridized carbons (Fsp3) is 0.400. The maximum atomic E-state index is 13.1. The number of hydrogen-bond donors (Lipinski definition) is 1. The van der Waals surface area contributed by atoms with Gasteiger partial charge in [-0.05, 0) is 92.2 Å². The zero-order valence-electron chi connectivity index (χ0n) is 17.2. The number of terminal acetylenes is 1. The van der Waals surface area contributed by atoms with Gasteiger partial charge in [0.1, 0.15) is 5.69 Å². The van der Waals surface area contributed by atoms with Gasteiger partial charge in [-0.2, -0.15) is 0 Å². The number of nitrogens with one attached hydrogen (secondary N) is 1. The standard InChI is InChI=1S/C25H26ClN3O/c1-3-23-22(16-27-2)21(12-15-28-23)17-4-6-18(7-5-17)25(13-14-25)24(30)29-20-10-8-19(26)9-11-20/h1,8-12,15-18H,4-7,13-14H2,2H3,(H,29,30). The predicted molar refractivity (Wildman–Crippen MR) is 122 cm³/mol.